The topological polar surface area (TPSA) is 83.3 Å². The number of nitrogens with one attached hydrogen (secondary N) is 1. The molecule has 2 unspecified atom stereocenters. The lowest BCUT2D eigenvalue weighted by atomic mass is 10.1. The Morgan fingerprint density at radius 2 is 1.97 bits per heavy atom. The molecule has 0 aliphatic carbocycles. The van der Waals surface area contributed by atoms with Gasteiger partial charge in [-0.3, -0.25) is 0 Å². The van der Waals surface area contributed by atoms with E-state index in [4.69, 9.17) is 0 Å². The lowest BCUT2D eigenvalue weighted by Gasteiger charge is -2.34. The second-order valence-electron chi connectivity index (χ2n) is 8.86. The van der Waals surface area contributed by atoms with E-state index in [0.29, 0.717) is 30.0 Å². The van der Waals surface area contributed by atoms with E-state index in [0.717, 1.165) is 23.8 Å². The minimum Gasteiger partial charge on any atom is -0.507 e. The van der Waals surface area contributed by atoms with Gasteiger partial charge >= 0.3 is 5.69 Å². The Kier molecular flexibility index (Phi) is 6.40. The molecule has 2 atom stereocenters. The molecule has 2 bridgehead atoms. The van der Waals surface area contributed by atoms with Crippen LogP contribution in [-0.2, 0) is 0 Å². The van der Waals surface area contributed by atoms with Crippen LogP contribution in [0.4, 0.5) is 14.6 Å². The van der Waals surface area contributed by atoms with Crippen molar-refractivity contribution in [2.75, 3.05) is 24.2 Å². The van der Waals surface area contributed by atoms with Crippen LogP contribution in [0, 0.1) is 5.82 Å². The van der Waals surface area contributed by atoms with Gasteiger partial charge in [-0.25, -0.2) is 23.1 Å². The standard InChI is InChI=1S/C26H25F2N5O2S/c1-4-21(34)22(14(2)27)23-20(28)11-19-24(32-12-15-8-9-16(13-32)29-15)31-26(35)33(25(19)30-23)17-6-5-7-18(10-17)36-3/h4-7,10-11,15-16,29,34H,1-2,8-9,12-13H2,3H3/b22-21-. The number of halogens is 2. The van der Waals surface area contributed by atoms with Crippen LogP contribution in [0.25, 0.3) is 22.3 Å². The number of piperazine rings is 1. The molecule has 0 radical (unpaired) electrons. The highest BCUT2D eigenvalue weighted by atomic mass is 32.2. The first kappa shape index (κ1) is 24.2. The van der Waals surface area contributed by atoms with Crippen molar-refractivity contribution >= 4 is 34.2 Å². The molecule has 0 amide bonds. The van der Waals surface area contributed by atoms with E-state index in [9.17, 15) is 14.3 Å². The van der Waals surface area contributed by atoms with E-state index in [-0.39, 0.29) is 17.7 Å². The van der Waals surface area contributed by atoms with Gasteiger partial charge in [0.05, 0.1) is 16.6 Å². The van der Waals surface area contributed by atoms with Gasteiger partial charge in [-0.1, -0.05) is 19.2 Å². The number of aliphatic hydroxyl groups is 1. The van der Waals surface area contributed by atoms with E-state index >= 15 is 4.39 Å². The Hall–Kier alpha value is -3.50. The summed E-state index contributed by atoms with van der Waals surface area (Å²) in [5.74, 6) is -2.24. The smallest absolute Gasteiger partial charge is 0.355 e. The van der Waals surface area contributed by atoms with Crippen molar-refractivity contribution in [2.24, 2.45) is 0 Å². The van der Waals surface area contributed by atoms with Gasteiger partial charge in [-0.05, 0) is 49.4 Å². The summed E-state index contributed by atoms with van der Waals surface area (Å²) < 4.78 is 31.1. The van der Waals surface area contributed by atoms with Gasteiger partial charge in [-0.2, -0.15) is 4.98 Å². The van der Waals surface area contributed by atoms with Gasteiger partial charge in [0.1, 0.15) is 23.1 Å². The van der Waals surface area contributed by atoms with E-state index in [1.165, 1.54) is 22.4 Å². The van der Waals surface area contributed by atoms with E-state index < -0.39 is 34.4 Å². The van der Waals surface area contributed by atoms with Gasteiger partial charge in [0.15, 0.2) is 11.5 Å². The largest absolute Gasteiger partial charge is 0.507 e. The molecule has 2 aliphatic heterocycles. The molecule has 3 aromatic rings. The Labute approximate surface area is 210 Å². The lowest BCUT2D eigenvalue weighted by Crippen LogP contribution is -2.52. The summed E-state index contributed by atoms with van der Waals surface area (Å²) in [5.41, 5.74) is -1.01. The number of allylic oxidation sites excluding steroid dienone is 3. The van der Waals surface area contributed by atoms with E-state index in [1.807, 2.05) is 17.2 Å². The van der Waals surface area contributed by atoms with Crippen molar-refractivity contribution in [1.29, 1.82) is 0 Å². The summed E-state index contributed by atoms with van der Waals surface area (Å²) in [4.78, 5) is 25.1. The highest BCUT2D eigenvalue weighted by Gasteiger charge is 2.34. The molecule has 186 valence electrons. The number of fused-ring (bicyclic) bond motifs is 3. The Morgan fingerprint density at radius 3 is 2.61 bits per heavy atom. The first-order valence-corrected chi connectivity index (χ1v) is 12.7. The van der Waals surface area contributed by atoms with Gasteiger partial charge < -0.3 is 15.3 Å². The summed E-state index contributed by atoms with van der Waals surface area (Å²) in [6.45, 7) is 7.89. The van der Waals surface area contributed by atoms with Crippen molar-refractivity contribution in [3.63, 3.8) is 0 Å². The van der Waals surface area contributed by atoms with Crippen molar-refractivity contribution in [2.45, 2.75) is 29.8 Å². The van der Waals surface area contributed by atoms with Gasteiger partial charge in [0.2, 0.25) is 0 Å². The molecule has 7 nitrogen and oxygen atoms in total. The van der Waals surface area contributed by atoms with Crippen LogP contribution in [-0.4, -0.2) is 51.1 Å². The normalized spacial score (nSPS) is 19.9. The second-order valence-corrected chi connectivity index (χ2v) is 9.74. The summed E-state index contributed by atoms with van der Waals surface area (Å²) in [5, 5.41) is 14.1. The number of hydrogen-bond acceptors (Lipinski definition) is 7. The zero-order chi connectivity index (χ0) is 25.6. The van der Waals surface area contributed by atoms with E-state index in [1.54, 1.807) is 18.2 Å². The number of rotatable bonds is 6. The van der Waals surface area contributed by atoms with E-state index in [2.05, 4.69) is 28.4 Å². The van der Waals surface area contributed by atoms with Crippen molar-refractivity contribution < 1.29 is 13.9 Å². The van der Waals surface area contributed by atoms with Crippen LogP contribution >= 0.6 is 11.8 Å². The van der Waals surface area contributed by atoms with Crippen LogP contribution < -0.4 is 15.9 Å². The second kappa shape index (κ2) is 9.51. The first-order valence-electron chi connectivity index (χ1n) is 11.5. The van der Waals surface area contributed by atoms with Crippen LogP contribution in [0.15, 0.2) is 70.8 Å². The molecule has 4 heterocycles. The zero-order valence-corrected chi connectivity index (χ0v) is 20.5. The fraction of sp³-hybridized carbons (Fsp3) is 0.269. The Balaban J connectivity index is 1.82. The summed E-state index contributed by atoms with van der Waals surface area (Å²) in [6, 6.07) is 8.92. The molecule has 0 spiro atoms. The molecular formula is C26H25F2N5O2S. The molecule has 2 fully saturated rings. The fourth-order valence-corrected chi connectivity index (χ4v) is 5.42. The third-order valence-corrected chi connectivity index (χ3v) is 7.31. The predicted octanol–water partition coefficient (Wildman–Crippen LogP) is 4.52. The molecular weight excluding hydrogens is 484 g/mol. The molecule has 0 saturated carbocycles. The molecule has 36 heavy (non-hydrogen) atoms. The third kappa shape index (κ3) is 4.20. The van der Waals surface area contributed by atoms with Crippen molar-refractivity contribution in [3.05, 3.63) is 83.1 Å². The lowest BCUT2D eigenvalue weighted by molar-refractivity contribution is 0.432. The number of aromatic nitrogens is 3. The van der Waals surface area contributed by atoms with Crippen LogP contribution in [0.2, 0.25) is 0 Å². The average Bonchev–Trinajstić information content (AvgIpc) is 3.21. The number of pyridine rings is 1. The maximum Gasteiger partial charge on any atom is 0.355 e. The summed E-state index contributed by atoms with van der Waals surface area (Å²) >= 11 is 1.50. The van der Waals surface area contributed by atoms with Gasteiger partial charge in [0.25, 0.3) is 0 Å². The first-order chi connectivity index (χ1) is 17.3. The Bertz CT molecular complexity index is 1470. The number of anilines is 1. The number of benzene rings is 1. The minimum atomic E-state index is -1.08. The monoisotopic (exact) mass is 509 g/mol. The van der Waals surface area contributed by atoms with Crippen molar-refractivity contribution in [1.82, 2.24) is 19.9 Å². The highest BCUT2D eigenvalue weighted by molar-refractivity contribution is 7.98. The molecule has 10 heteroatoms. The van der Waals surface area contributed by atoms with Crippen LogP contribution in [0.1, 0.15) is 18.5 Å². The molecule has 2 saturated heterocycles. The summed E-state index contributed by atoms with van der Waals surface area (Å²) in [7, 11) is 0. The number of hydrogen-bond donors (Lipinski definition) is 2. The maximum atomic E-state index is 15.5. The number of thioether (sulfide) groups is 1. The minimum absolute atomic E-state index is 0.0983. The quantitative estimate of drug-likeness (QED) is 0.287. The predicted molar refractivity (Wildman–Crippen MR) is 139 cm³/mol. The van der Waals surface area contributed by atoms with Crippen molar-refractivity contribution in [3.8, 4) is 5.69 Å². The molecule has 1 aromatic carbocycles. The van der Waals surface area contributed by atoms with Crippen LogP contribution in [0.5, 0.6) is 0 Å². The van der Waals surface area contributed by atoms with Crippen LogP contribution in [0.3, 0.4) is 0 Å². The molecule has 5 rings (SSSR count). The maximum absolute atomic E-state index is 15.5. The number of aliphatic hydroxyl groups excluding tert-OH is 1. The molecule has 2 aromatic heterocycles. The Morgan fingerprint density at radius 1 is 1.25 bits per heavy atom. The highest BCUT2D eigenvalue weighted by Crippen LogP contribution is 2.34. The third-order valence-electron chi connectivity index (χ3n) is 6.59. The van der Waals surface area contributed by atoms with Gasteiger partial charge in [0, 0.05) is 30.1 Å². The molecule has 2 aliphatic rings. The zero-order valence-electron chi connectivity index (χ0n) is 19.7. The molecule has 2 N–H and O–H groups in total. The number of nitrogens with zero attached hydrogens (tertiary/aromatic N) is 4. The van der Waals surface area contributed by atoms with Gasteiger partial charge in [-0.15, -0.1) is 11.8 Å². The fourth-order valence-electron chi connectivity index (χ4n) is 4.96. The average molecular weight is 510 g/mol. The summed E-state index contributed by atoms with van der Waals surface area (Å²) in [6.07, 6.45) is 4.92. The SMILES string of the molecule is C=C/C(O)=C(\C(=C)F)c1nc2c(cc1F)c(N1CC3CCC(C1)N3)nc(=O)n2-c1cccc(SC)c1.